The number of halogens is 1. The third-order valence-corrected chi connectivity index (χ3v) is 3.27. The molecule has 0 unspecified atom stereocenters. The summed E-state index contributed by atoms with van der Waals surface area (Å²) in [5.74, 6) is 1.88. The minimum absolute atomic E-state index is 0.279. The second-order valence-electron chi connectivity index (χ2n) is 4.98. The van der Waals surface area contributed by atoms with Gasteiger partial charge in [-0.3, -0.25) is 0 Å². The lowest BCUT2D eigenvalue weighted by molar-refractivity contribution is 0.00292. The Labute approximate surface area is 113 Å². The Bertz CT molecular complexity index is 405. The van der Waals surface area contributed by atoms with Crippen LogP contribution in [0.25, 0.3) is 0 Å². The highest BCUT2D eigenvalue weighted by Crippen LogP contribution is 2.27. The highest BCUT2D eigenvalue weighted by atomic mass is 35.5. The summed E-state index contributed by atoms with van der Waals surface area (Å²) in [5.41, 5.74) is 0. The molecule has 1 fully saturated rings. The molecule has 0 aliphatic heterocycles. The van der Waals surface area contributed by atoms with Gasteiger partial charge in [-0.05, 0) is 19.8 Å². The summed E-state index contributed by atoms with van der Waals surface area (Å²) >= 11 is 6.00. The van der Waals surface area contributed by atoms with Crippen LogP contribution in [0, 0.1) is 0 Å². The summed E-state index contributed by atoms with van der Waals surface area (Å²) in [6, 6.07) is 2.22. The largest absolute Gasteiger partial charge is 0.378 e. The van der Waals surface area contributed by atoms with Crippen molar-refractivity contribution in [1.29, 1.82) is 0 Å². The third-order valence-electron chi connectivity index (χ3n) is 3.08. The fourth-order valence-electron chi connectivity index (χ4n) is 2.03. The molecule has 1 aromatic rings. The molecule has 1 heterocycles. The maximum Gasteiger partial charge on any atom is 0.135 e. The van der Waals surface area contributed by atoms with Gasteiger partial charge in [0.2, 0.25) is 0 Å². The number of rotatable bonds is 5. The van der Waals surface area contributed by atoms with Gasteiger partial charge in [0.25, 0.3) is 0 Å². The lowest BCUT2D eigenvalue weighted by Crippen LogP contribution is -2.41. The van der Waals surface area contributed by atoms with Gasteiger partial charge in [-0.1, -0.05) is 25.4 Å². The van der Waals surface area contributed by atoms with Gasteiger partial charge >= 0.3 is 0 Å². The minimum atomic E-state index is 0.279. The lowest BCUT2D eigenvalue weighted by Gasteiger charge is -2.35. The maximum atomic E-state index is 6.00. The van der Waals surface area contributed by atoms with Crippen LogP contribution in [0.1, 0.15) is 45.4 Å². The third kappa shape index (κ3) is 3.33. The molecule has 18 heavy (non-hydrogen) atoms. The first-order valence-electron chi connectivity index (χ1n) is 6.51. The van der Waals surface area contributed by atoms with Crippen molar-refractivity contribution in [1.82, 2.24) is 9.97 Å². The predicted octanol–water partition coefficient (Wildman–Crippen LogP) is 3.23. The second-order valence-corrected chi connectivity index (χ2v) is 5.37. The standard InChI is InChI=1S/C13H20ClN3O/c1-4-18-10-5-9(6-10)15-12-7-11(14)16-13(17-12)8(2)3/h7-10H,4-6H2,1-3H3,(H,15,16,17). The average Bonchev–Trinajstić information content (AvgIpc) is 2.25. The van der Waals surface area contributed by atoms with Gasteiger partial charge in [0.15, 0.2) is 0 Å². The molecule has 0 bridgehead atoms. The molecule has 0 radical (unpaired) electrons. The summed E-state index contributed by atoms with van der Waals surface area (Å²) in [4.78, 5) is 8.70. The summed E-state index contributed by atoms with van der Waals surface area (Å²) in [7, 11) is 0. The Morgan fingerprint density at radius 2 is 2.17 bits per heavy atom. The van der Waals surface area contributed by atoms with Crippen LogP contribution in [0.4, 0.5) is 5.82 Å². The van der Waals surface area contributed by atoms with E-state index in [1.807, 2.05) is 6.92 Å². The summed E-state index contributed by atoms with van der Waals surface area (Å²) in [6.07, 6.45) is 2.47. The number of aromatic nitrogens is 2. The smallest absolute Gasteiger partial charge is 0.135 e. The first-order valence-corrected chi connectivity index (χ1v) is 6.89. The average molecular weight is 270 g/mol. The molecule has 100 valence electrons. The van der Waals surface area contributed by atoms with Crippen LogP contribution in [-0.4, -0.2) is 28.7 Å². The van der Waals surface area contributed by atoms with Crippen molar-refractivity contribution in [2.45, 2.75) is 51.7 Å². The Hall–Kier alpha value is -0.870. The highest BCUT2D eigenvalue weighted by molar-refractivity contribution is 6.29. The topological polar surface area (TPSA) is 47.0 Å². The molecule has 0 spiro atoms. The minimum Gasteiger partial charge on any atom is -0.378 e. The molecule has 1 aliphatic rings. The van der Waals surface area contributed by atoms with Crippen LogP contribution in [-0.2, 0) is 4.74 Å². The Balaban J connectivity index is 1.94. The van der Waals surface area contributed by atoms with Crippen LogP contribution in [0.2, 0.25) is 5.15 Å². The van der Waals surface area contributed by atoms with Crippen molar-refractivity contribution >= 4 is 17.4 Å². The van der Waals surface area contributed by atoms with Crippen LogP contribution in [0.15, 0.2) is 6.07 Å². The normalized spacial score (nSPS) is 22.9. The van der Waals surface area contributed by atoms with E-state index in [1.54, 1.807) is 6.07 Å². The van der Waals surface area contributed by atoms with Crippen molar-refractivity contribution in [2.24, 2.45) is 0 Å². The van der Waals surface area contributed by atoms with E-state index in [0.29, 0.717) is 17.3 Å². The zero-order valence-corrected chi connectivity index (χ0v) is 11.9. The van der Waals surface area contributed by atoms with E-state index in [1.165, 1.54) is 0 Å². The quantitative estimate of drug-likeness (QED) is 0.834. The van der Waals surface area contributed by atoms with Crippen molar-refractivity contribution in [3.05, 3.63) is 17.0 Å². The maximum absolute atomic E-state index is 6.00. The molecule has 0 aromatic carbocycles. The fraction of sp³-hybridized carbons (Fsp3) is 0.692. The molecule has 2 rings (SSSR count). The van der Waals surface area contributed by atoms with Crippen LogP contribution < -0.4 is 5.32 Å². The fourth-order valence-corrected chi connectivity index (χ4v) is 2.22. The second kappa shape index (κ2) is 5.85. The van der Waals surface area contributed by atoms with Gasteiger partial charge in [-0.25, -0.2) is 9.97 Å². The van der Waals surface area contributed by atoms with Gasteiger partial charge < -0.3 is 10.1 Å². The molecule has 0 saturated heterocycles. The van der Waals surface area contributed by atoms with Gasteiger partial charge in [0, 0.05) is 24.6 Å². The molecular weight excluding hydrogens is 250 g/mol. The first-order chi connectivity index (χ1) is 8.58. The number of hydrogen-bond acceptors (Lipinski definition) is 4. The van der Waals surface area contributed by atoms with Gasteiger partial charge in [0.05, 0.1) is 6.10 Å². The summed E-state index contributed by atoms with van der Waals surface area (Å²) in [6.45, 7) is 6.93. The Kier molecular flexibility index (Phi) is 4.40. The number of ether oxygens (including phenoxy) is 1. The number of nitrogens with zero attached hydrogens (tertiary/aromatic N) is 2. The van der Waals surface area contributed by atoms with Gasteiger partial charge in [0.1, 0.15) is 16.8 Å². The van der Waals surface area contributed by atoms with E-state index in [-0.39, 0.29) is 5.92 Å². The number of anilines is 1. The highest BCUT2D eigenvalue weighted by Gasteiger charge is 2.29. The van der Waals surface area contributed by atoms with E-state index in [9.17, 15) is 0 Å². The number of hydrogen-bond donors (Lipinski definition) is 1. The van der Waals surface area contributed by atoms with E-state index in [2.05, 4.69) is 29.1 Å². The molecule has 0 amide bonds. The van der Waals surface area contributed by atoms with Crippen molar-refractivity contribution in [3.8, 4) is 0 Å². The van der Waals surface area contributed by atoms with E-state index in [0.717, 1.165) is 31.1 Å². The summed E-state index contributed by atoms with van der Waals surface area (Å²) < 4.78 is 5.53. The van der Waals surface area contributed by atoms with Crippen molar-refractivity contribution in [2.75, 3.05) is 11.9 Å². The predicted molar refractivity (Wildman–Crippen MR) is 73.2 cm³/mol. The molecule has 4 nitrogen and oxygen atoms in total. The van der Waals surface area contributed by atoms with Crippen LogP contribution in [0.5, 0.6) is 0 Å². The molecule has 0 atom stereocenters. The molecule has 1 aliphatic carbocycles. The molecular formula is C13H20ClN3O. The van der Waals surface area contributed by atoms with Crippen molar-refractivity contribution in [3.63, 3.8) is 0 Å². The lowest BCUT2D eigenvalue weighted by atomic mass is 9.89. The van der Waals surface area contributed by atoms with E-state index < -0.39 is 0 Å². The van der Waals surface area contributed by atoms with Gasteiger partial charge in [-0.2, -0.15) is 0 Å². The Morgan fingerprint density at radius 3 is 2.78 bits per heavy atom. The van der Waals surface area contributed by atoms with Gasteiger partial charge in [-0.15, -0.1) is 0 Å². The first kappa shape index (κ1) is 13.6. The molecule has 1 N–H and O–H groups in total. The van der Waals surface area contributed by atoms with E-state index >= 15 is 0 Å². The zero-order chi connectivity index (χ0) is 13.1. The SMILES string of the molecule is CCOC1CC(Nc2cc(Cl)nc(C(C)C)n2)C1. The zero-order valence-electron chi connectivity index (χ0n) is 11.1. The van der Waals surface area contributed by atoms with Crippen LogP contribution >= 0.6 is 11.6 Å². The molecule has 5 heteroatoms. The monoisotopic (exact) mass is 269 g/mol. The van der Waals surface area contributed by atoms with Crippen molar-refractivity contribution < 1.29 is 4.74 Å². The number of nitrogens with one attached hydrogen (secondary N) is 1. The van der Waals surface area contributed by atoms with Crippen LogP contribution in [0.3, 0.4) is 0 Å². The summed E-state index contributed by atoms with van der Waals surface area (Å²) in [5, 5.41) is 3.88. The van der Waals surface area contributed by atoms with E-state index in [4.69, 9.17) is 16.3 Å². The molecule has 1 saturated carbocycles. The Morgan fingerprint density at radius 1 is 1.44 bits per heavy atom. The molecule has 1 aromatic heterocycles.